The summed E-state index contributed by atoms with van der Waals surface area (Å²) in [6.45, 7) is 0. The van der Waals surface area contributed by atoms with Crippen LogP contribution in [0, 0.1) is 0 Å². The molecule has 5 heteroatoms. The van der Waals surface area contributed by atoms with Crippen LogP contribution in [0.5, 0.6) is 0 Å². The Kier molecular flexibility index (Phi) is 3.31. The van der Waals surface area contributed by atoms with Gasteiger partial charge in [-0.05, 0) is 42.3 Å². The van der Waals surface area contributed by atoms with Crippen LogP contribution in [0.1, 0.15) is 22.3 Å². The van der Waals surface area contributed by atoms with Gasteiger partial charge in [0, 0.05) is 23.5 Å². The lowest BCUT2D eigenvalue weighted by molar-refractivity contribution is -0.116. The molecule has 106 valence electrons. The van der Waals surface area contributed by atoms with E-state index in [-0.39, 0.29) is 11.8 Å². The average molecular weight is 281 g/mol. The highest BCUT2D eigenvalue weighted by atomic mass is 16.2. The Morgan fingerprint density at radius 1 is 1.14 bits per heavy atom. The van der Waals surface area contributed by atoms with Crippen molar-refractivity contribution in [2.45, 2.75) is 12.8 Å². The summed E-state index contributed by atoms with van der Waals surface area (Å²) < 4.78 is 0. The highest BCUT2D eigenvalue weighted by Gasteiger charge is 2.16. The largest absolute Gasteiger partial charge is 0.398 e. The predicted molar refractivity (Wildman–Crippen MR) is 82.2 cm³/mol. The number of carbonyl (C=O) groups is 2. The molecule has 0 bridgehead atoms. The maximum Gasteiger partial charge on any atom is 0.257 e. The number of aryl methyl sites for hydroxylation is 1. The van der Waals surface area contributed by atoms with Gasteiger partial charge in [0.1, 0.15) is 0 Å². The summed E-state index contributed by atoms with van der Waals surface area (Å²) in [5.41, 5.74) is 9.21. The molecular formula is C16H15N3O2. The van der Waals surface area contributed by atoms with Crippen LogP contribution < -0.4 is 16.4 Å². The van der Waals surface area contributed by atoms with Crippen LogP contribution >= 0.6 is 0 Å². The van der Waals surface area contributed by atoms with E-state index in [9.17, 15) is 9.59 Å². The number of rotatable bonds is 2. The minimum atomic E-state index is -0.243. The van der Waals surface area contributed by atoms with E-state index in [1.807, 2.05) is 6.07 Å². The molecule has 21 heavy (non-hydrogen) atoms. The fourth-order valence-electron chi connectivity index (χ4n) is 2.36. The lowest BCUT2D eigenvalue weighted by Crippen LogP contribution is -2.19. The zero-order chi connectivity index (χ0) is 14.8. The Morgan fingerprint density at radius 2 is 1.95 bits per heavy atom. The molecule has 0 atom stereocenters. The normalized spacial score (nSPS) is 13.2. The van der Waals surface area contributed by atoms with Crippen molar-refractivity contribution in [3.63, 3.8) is 0 Å². The van der Waals surface area contributed by atoms with E-state index in [2.05, 4.69) is 10.6 Å². The van der Waals surface area contributed by atoms with Gasteiger partial charge in [-0.15, -0.1) is 0 Å². The monoisotopic (exact) mass is 281 g/mol. The number of fused-ring (bicyclic) bond motifs is 1. The number of para-hydroxylation sites is 1. The highest BCUT2D eigenvalue weighted by molar-refractivity contribution is 6.08. The van der Waals surface area contributed by atoms with Gasteiger partial charge in [0.25, 0.3) is 5.91 Å². The maximum absolute atomic E-state index is 12.2. The molecule has 0 aromatic heterocycles. The number of hydrogen-bond donors (Lipinski definition) is 3. The van der Waals surface area contributed by atoms with Crippen LogP contribution in [0.25, 0.3) is 0 Å². The van der Waals surface area contributed by atoms with Gasteiger partial charge < -0.3 is 16.4 Å². The van der Waals surface area contributed by atoms with Crippen LogP contribution in [0.15, 0.2) is 42.5 Å². The average Bonchev–Trinajstić information content (AvgIpc) is 2.48. The number of nitrogens with two attached hydrogens (primary N) is 1. The van der Waals surface area contributed by atoms with E-state index in [1.165, 1.54) is 0 Å². The lowest BCUT2D eigenvalue weighted by Gasteiger charge is -2.17. The summed E-state index contributed by atoms with van der Waals surface area (Å²) in [6, 6.07) is 12.4. The van der Waals surface area contributed by atoms with E-state index >= 15 is 0 Å². The van der Waals surface area contributed by atoms with E-state index in [1.54, 1.807) is 36.4 Å². The number of nitrogen functional groups attached to an aromatic ring is 1. The lowest BCUT2D eigenvalue weighted by atomic mass is 10.0. The molecule has 1 aliphatic heterocycles. The number of anilines is 3. The summed E-state index contributed by atoms with van der Waals surface area (Å²) in [6.07, 6.45) is 1.15. The molecular weight excluding hydrogens is 266 g/mol. The van der Waals surface area contributed by atoms with Crippen molar-refractivity contribution in [1.29, 1.82) is 0 Å². The van der Waals surface area contributed by atoms with Crippen molar-refractivity contribution in [3.8, 4) is 0 Å². The molecule has 0 saturated carbocycles. The molecule has 5 nitrogen and oxygen atoms in total. The molecule has 0 spiro atoms. The Labute approximate surface area is 122 Å². The van der Waals surface area contributed by atoms with Crippen molar-refractivity contribution in [2.24, 2.45) is 0 Å². The molecule has 0 fully saturated rings. The van der Waals surface area contributed by atoms with Crippen LogP contribution in [-0.2, 0) is 11.2 Å². The summed E-state index contributed by atoms with van der Waals surface area (Å²) in [7, 11) is 0. The second-order valence-electron chi connectivity index (χ2n) is 4.96. The number of amides is 2. The number of benzene rings is 2. The van der Waals surface area contributed by atoms with Crippen LogP contribution in [0.2, 0.25) is 0 Å². The molecule has 0 aliphatic carbocycles. The third-order valence-electron chi connectivity index (χ3n) is 3.46. The molecule has 1 aliphatic rings. The molecule has 2 aromatic rings. The minimum absolute atomic E-state index is 0.0244. The SMILES string of the molecule is Nc1ccccc1C(=O)Nc1ccc2c(c1)CCC(=O)N2. The van der Waals surface area contributed by atoms with Crippen LogP contribution in [-0.4, -0.2) is 11.8 Å². The van der Waals surface area contributed by atoms with Gasteiger partial charge in [-0.1, -0.05) is 12.1 Å². The van der Waals surface area contributed by atoms with E-state index in [0.717, 1.165) is 11.3 Å². The number of carbonyl (C=O) groups excluding carboxylic acids is 2. The van der Waals surface area contributed by atoms with Gasteiger partial charge in [-0.3, -0.25) is 9.59 Å². The topological polar surface area (TPSA) is 84.2 Å². The first-order valence-corrected chi connectivity index (χ1v) is 6.72. The van der Waals surface area contributed by atoms with Crippen molar-refractivity contribution < 1.29 is 9.59 Å². The summed E-state index contributed by atoms with van der Waals surface area (Å²) >= 11 is 0. The molecule has 0 radical (unpaired) electrons. The van der Waals surface area contributed by atoms with Crippen LogP contribution in [0.3, 0.4) is 0 Å². The first-order chi connectivity index (χ1) is 10.1. The Morgan fingerprint density at radius 3 is 2.76 bits per heavy atom. The van der Waals surface area contributed by atoms with Gasteiger partial charge in [-0.25, -0.2) is 0 Å². The van der Waals surface area contributed by atoms with Gasteiger partial charge >= 0.3 is 0 Å². The first-order valence-electron chi connectivity index (χ1n) is 6.72. The Hall–Kier alpha value is -2.82. The van der Waals surface area contributed by atoms with Crippen LogP contribution in [0.4, 0.5) is 17.1 Å². The van der Waals surface area contributed by atoms with Crippen molar-refractivity contribution in [2.75, 3.05) is 16.4 Å². The smallest absolute Gasteiger partial charge is 0.257 e. The zero-order valence-corrected chi connectivity index (χ0v) is 11.3. The molecule has 0 saturated heterocycles. The minimum Gasteiger partial charge on any atom is -0.398 e. The van der Waals surface area contributed by atoms with Crippen molar-refractivity contribution in [1.82, 2.24) is 0 Å². The summed E-state index contributed by atoms with van der Waals surface area (Å²) in [4.78, 5) is 23.5. The van der Waals surface area contributed by atoms with E-state index in [0.29, 0.717) is 29.8 Å². The van der Waals surface area contributed by atoms with Crippen molar-refractivity contribution >= 4 is 28.9 Å². The van der Waals surface area contributed by atoms with Gasteiger partial charge in [0.15, 0.2) is 0 Å². The molecule has 2 aromatic carbocycles. The zero-order valence-electron chi connectivity index (χ0n) is 11.3. The second kappa shape index (κ2) is 5.28. The molecule has 1 heterocycles. The summed E-state index contributed by atoms with van der Waals surface area (Å²) in [5.74, 6) is -0.218. The van der Waals surface area contributed by atoms with Gasteiger partial charge in [0.2, 0.25) is 5.91 Å². The highest BCUT2D eigenvalue weighted by Crippen LogP contribution is 2.26. The molecule has 0 unspecified atom stereocenters. The molecule has 3 rings (SSSR count). The van der Waals surface area contributed by atoms with Gasteiger partial charge in [0.05, 0.1) is 5.56 Å². The number of nitrogens with one attached hydrogen (secondary N) is 2. The van der Waals surface area contributed by atoms with E-state index < -0.39 is 0 Å². The fourth-order valence-corrected chi connectivity index (χ4v) is 2.36. The van der Waals surface area contributed by atoms with Gasteiger partial charge in [-0.2, -0.15) is 0 Å². The Balaban J connectivity index is 1.81. The summed E-state index contributed by atoms with van der Waals surface area (Å²) in [5, 5.41) is 5.64. The quantitative estimate of drug-likeness (QED) is 0.739. The fraction of sp³-hybridized carbons (Fsp3) is 0.125. The standard InChI is InChI=1S/C16H15N3O2/c17-13-4-2-1-3-12(13)16(21)18-11-6-7-14-10(9-11)5-8-15(20)19-14/h1-4,6-7,9H,5,8,17H2,(H,18,21)(H,19,20). The first kappa shape index (κ1) is 13.2. The third kappa shape index (κ3) is 2.72. The van der Waals surface area contributed by atoms with Crippen molar-refractivity contribution in [3.05, 3.63) is 53.6 Å². The van der Waals surface area contributed by atoms with E-state index in [4.69, 9.17) is 5.73 Å². The maximum atomic E-state index is 12.2. The molecule has 2 amide bonds. The second-order valence-corrected chi connectivity index (χ2v) is 4.96. The molecule has 4 N–H and O–H groups in total. The Bertz CT molecular complexity index is 725. The number of hydrogen-bond acceptors (Lipinski definition) is 3. The third-order valence-corrected chi connectivity index (χ3v) is 3.46. The predicted octanol–water partition coefficient (Wildman–Crippen LogP) is 2.41.